The summed E-state index contributed by atoms with van der Waals surface area (Å²) in [6.45, 7) is 7.73. The minimum absolute atomic E-state index is 0.545. The lowest BCUT2D eigenvalue weighted by Gasteiger charge is -2.09. The quantitative estimate of drug-likeness (QED) is 0.616. The summed E-state index contributed by atoms with van der Waals surface area (Å²) >= 11 is 5.87. The fourth-order valence-electron chi connectivity index (χ4n) is 1.21. The summed E-state index contributed by atoms with van der Waals surface area (Å²) in [5.74, 6) is 0.545. The maximum Gasteiger partial charge on any atom is 0.0705 e. The molecule has 1 N–H and O–H groups in total. The Kier molecular flexibility index (Phi) is 5.09. The van der Waals surface area contributed by atoms with Crippen LogP contribution in [0.25, 0.3) is 0 Å². The van der Waals surface area contributed by atoms with E-state index in [2.05, 4.69) is 19.3 Å². The number of benzene rings is 1. The molecule has 1 rings (SSSR count). The average molecular weight is 228 g/mol. The van der Waals surface area contributed by atoms with Crippen molar-refractivity contribution in [2.24, 2.45) is 5.92 Å². The molecular weight excluding hydrogens is 210 g/mol. The highest BCUT2D eigenvalue weighted by Crippen LogP contribution is 2.14. The van der Waals surface area contributed by atoms with E-state index in [1.54, 1.807) is 0 Å². The fourth-order valence-corrected chi connectivity index (χ4v) is 1.44. The van der Waals surface area contributed by atoms with Gasteiger partial charge in [-0.3, -0.25) is 0 Å². The van der Waals surface area contributed by atoms with E-state index in [1.807, 2.05) is 25.1 Å². The van der Waals surface area contributed by atoms with E-state index in [-0.39, 0.29) is 0 Å². The third kappa shape index (κ3) is 4.65. The molecule has 0 heterocycles. The third-order valence-electron chi connectivity index (χ3n) is 2.09. The maximum absolute atomic E-state index is 5.87. The van der Waals surface area contributed by atoms with Gasteiger partial charge in [-0.1, -0.05) is 31.5 Å². The van der Waals surface area contributed by atoms with Crippen LogP contribution in [0.1, 0.15) is 25.0 Å². The van der Waals surface area contributed by atoms with E-state index >= 15 is 0 Å². The number of aryl methyl sites for hydroxylation is 1. The van der Waals surface area contributed by atoms with Crippen molar-refractivity contribution in [1.82, 2.24) is 5.48 Å². The van der Waals surface area contributed by atoms with Crippen molar-refractivity contribution in [3.8, 4) is 0 Å². The van der Waals surface area contributed by atoms with Crippen molar-refractivity contribution in [1.29, 1.82) is 0 Å². The van der Waals surface area contributed by atoms with E-state index in [0.29, 0.717) is 5.92 Å². The largest absolute Gasteiger partial charge is 0.301 e. The second-order valence-electron chi connectivity index (χ2n) is 4.10. The van der Waals surface area contributed by atoms with Gasteiger partial charge in [0, 0.05) is 11.6 Å². The Morgan fingerprint density at radius 2 is 2.13 bits per heavy atom. The first-order chi connectivity index (χ1) is 7.09. The first-order valence-electron chi connectivity index (χ1n) is 5.19. The standard InChI is InChI=1S/C12H18ClNO/c1-9(2)8-15-14-7-11-4-5-12(13)6-10(11)3/h4-6,9,14H,7-8H2,1-3H3. The molecule has 0 aromatic heterocycles. The molecule has 0 fully saturated rings. The summed E-state index contributed by atoms with van der Waals surface area (Å²) in [4.78, 5) is 5.30. The molecule has 0 bridgehead atoms. The number of rotatable bonds is 5. The van der Waals surface area contributed by atoms with Gasteiger partial charge in [-0.25, -0.2) is 0 Å². The normalized spacial score (nSPS) is 11.0. The lowest BCUT2D eigenvalue weighted by molar-refractivity contribution is 0.0195. The topological polar surface area (TPSA) is 21.3 Å². The molecule has 0 aliphatic heterocycles. The van der Waals surface area contributed by atoms with Crippen molar-refractivity contribution < 1.29 is 4.84 Å². The Morgan fingerprint density at radius 3 is 2.73 bits per heavy atom. The van der Waals surface area contributed by atoms with E-state index in [1.165, 1.54) is 11.1 Å². The van der Waals surface area contributed by atoms with Crippen LogP contribution in [0.4, 0.5) is 0 Å². The molecule has 2 nitrogen and oxygen atoms in total. The molecule has 0 atom stereocenters. The summed E-state index contributed by atoms with van der Waals surface area (Å²) in [6, 6.07) is 5.87. The number of hydrogen-bond acceptors (Lipinski definition) is 2. The summed E-state index contributed by atoms with van der Waals surface area (Å²) in [5.41, 5.74) is 5.34. The van der Waals surface area contributed by atoms with Gasteiger partial charge in [0.15, 0.2) is 0 Å². The number of nitrogens with one attached hydrogen (secondary N) is 1. The molecule has 0 spiro atoms. The van der Waals surface area contributed by atoms with E-state index in [4.69, 9.17) is 16.4 Å². The smallest absolute Gasteiger partial charge is 0.0705 e. The van der Waals surface area contributed by atoms with Crippen LogP contribution in [0.3, 0.4) is 0 Å². The van der Waals surface area contributed by atoms with E-state index in [9.17, 15) is 0 Å². The van der Waals surface area contributed by atoms with Crippen molar-refractivity contribution >= 4 is 11.6 Å². The Bertz CT molecular complexity index is 312. The highest BCUT2D eigenvalue weighted by molar-refractivity contribution is 6.30. The third-order valence-corrected chi connectivity index (χ3v) is 2.32. The van der Waals surface area contributed by atoms with Crippen LogP contribution in [0.2, 0.25) is 5.02 Å². The monoisotopic (exact) mass is 227 g/mol. The van der Waals surface area contributed by atoms with Gasteiger partial charge in [0.1, 0.15) is 0 Å². The Hall–Kier alpha value is -0.570. The molecule has 0 aliphatic carbocycles. The Balaban J connectivity index is 2.37. The minimum Gasteiger partial charge on any atom is -0.301 e. The molecule has 1 aromatic rings. The van der Waals surface area contributed by atoms with Crippen LogP contribution < -0.4 is 5.48 Å². The van der Waals surface area contributed by atoms with Gasteiger partial charge < -0.3 is 4.84 Å². The predicted molar refractivity (Wildman–Crippen MR) is 63.8 cm³/mol. The molecule has 0 aliphatic rings. The van der Waals surface area contributed by atoms with Gasteiger partial charge in [-0.15, -0.1) is 0 Å². The van der Waals surface area contributed by atoms with Gasteiger partial charge >= 0.3 is 0 Å². The number of hydroxylamine groups is 1. The van der Waals surface area contributed by atoms with Gasteiger partial charge in [-0.2, -0.15) is 5.48 Å². The molecule has 0 radical (unpaired) electrons. The van der Waals surface area contributed by atoms with Crippen LogP contribution >= 0.6 is 11.6 Å². The van der Waals surface area contributed by atoms with Gasteiger partial charge in [-0.05, 0) is 36.1 Å². The van der Waals surface area contributed by atoms with Crippen molar-refractivity contribution in [2.75, 3.05) is 6.61 Å². The number of hydrogen-bond donors (Lipinski definition) is 1. The lowest BCUT2D eigenvalue weighted by atomic mass is 10.1. The van der Waals surface area contributed by atoms with Crippen LogP contribution in [-0.2, 0) is 11.4 Å². The molecule has 0 unspecified atom stereocenters. The van der Waals surface area contributed by atoms with Gasteiger partial charge in [0.05, 0.1) is 6.61 Å². The predicted octanol–water partition coefficient (Wildman–Crippen LogP) is 3.33. The van der Waals surface area contributed by atoms with Crippen molar-refractivity contribution in [3.63, 3.8) is 0 Å². The first kappa shape index (κ1) is 12.5. The minimum atomic E-state index is 0.545. The summed E-state index contributed by atoms with van der Waals surface area (Å²) < 4.78 is 0. The zero-order chi connectivity index (χ0) is 11.3. The van der Waals surface area contributed by atoms with Crippen molar-refractivity contribution in [2.45, 2.75) is 27.3 Å². The molecule has 3 heteroatoms. The molecule has 0 amide bonds. The molecule has 15 heavy (non-hydrogen) atoms. The molecule has 84 valence electrons. The van der Waals surface area contributed by atoms with Crippen LogP contribution in [-0.4, -0.2) is 6.61 Å². The average Bonchev–Trinajstić information content (AvgIpc) is 2.14. The van der Waals surface area contributed by atoms with Crippen LogP contribution in [0.5, 0.6) is 0 Å². The number of halogens is 1. The molecular formula is C12H18ClNO. The van der Waals surface area contributed by atoms with Crippen LogP contribution in [0.15, 0.2) is 18.2 Å². The van der Waals surface area contributed by atoms with Crippen LogP contribution in [0, 0.1) is 12.8 Å². The second kappa shape index (κ2) is 6.11. The van der Waals surface area contributed by atoms with Gasteiger partial charge in [0.25, 0.3) is 0 Å². The summed E-state index contributed by atoms with van der Waals surface area (Å²) in [7, 11) is 0. The van der Waals surface area contributed by atoms with Gasteiger partial charge in [0.2, 0.25) is 0 Å². The lowest BCUT2D eigenvalue weighted by Crippen LogP contribution is -2.17. The Morgan fingerprint density at radius 1 is 1.40 bits per heavy atom. The first-order valence-corrected chi connectivity index (χ1v) is 5.57. The zero-order valence-electron chi connectivity index (χ0n) is 9.51. The van der Waals surface area contributed by atoms with E-state index in [0.717, 1.165) is 18.2 Å². The highest BCUT2D eigenvalue weighted by Gasteiger charge is 1.99. The second-order valence-corrected chi connectivity index (χ2v) is 4.53. The summed E-state index contributed by atoms with van der Waals surface area (Å²) in [5, 5.41) is 0.777. The molecule has 1 aromatic carbocycles. The zero-order valence-corrected chi connectivity index (χ0v) is 10.3. The molecule has 0 saturated carbocycles. The van der Waals surface area contributed by atoms with E-state index < -0.39 is 0 Å². The fraction of sp³-hybridized carbons (Fsp3) is 0.500. The maximum atomic E-state index is 5.87. The molecule has 0 saturated heterocycles. The Labute approximate surface area is 96.5 Å². The SMILES string of the molecule is Cc1cc(Cl)ccc1CNOCC(C)C. The van der Waals surface area contributed by atoms with Crippen molar-refractivity contribution in [3.05, 3.63) is 34.3 Å². The highest BCUT2D eigenvalue weighted by atomic mass is 35.5. The summed E-state index contributed by atoms with van der Waals surface area (Å²) in [6.07, 6.45) is 0.